The van der Waals surface area contributed by atoms with E-state index in [1.807, 2.05) is 0 Å². The van der Waals surface area contributed by atoms with Crippen LogP contribution in [0.2, 0.25) is 0 Å². The van der Waals surface area contributed by atoms with Gasteiger partial charge in [-0.2, -0.15) is 4.98 Å². The molecule has 0 aliphatic carbocycles. The Morgan fingerprint density at radius 1 is 1.50 bits per heavy atom. The van der Waals surface area contributed by atoms with Crippen molar-refractivity contribution in [2.45, 2.75) is 19.6 Å². The van der Waals surface area contributed by atoms with Gasteiger partial charge in [-0.05, 0) is 6.92 Å². The van der Waals surface area contributed by atoms with Crippen molar-refractivity contribution in [2.24, 2.45) is 7.05 Å². The fourth-order valence-corrected chi connectivity index (χ4v) is 1.24. The fourth-order valence-electron chi connectivity index (χ4n) is 1.24. The first kappa shape index (κ1) is 12.6. The Bertz CT molecular complexity index is 473. The van der Waals surface area contributed by atoms with Crippen molar-refractivity contribution in [3.8, 4) is 0 Å². The van der Waals surface area contributed by atoms with E-state index in [-0.39, 0.29) is 13.2 Å². The third kappa shape index (κ3) is 2.37. The van der Waals surface area contributed by atoms with Crippen LogP contribution in [0.4, 0.5) is 0 Å². The summed E-state index contributed by atoms with van der Waals surface area (Å²) >= 11 is 0. The average molecular weight is 229 g/mol. The average Bonchev–Trinajstić information content (AvgIpc) is 2.27. The molecule has 0 radical (unpaired) electrons. The lowest BCUT2D eigenvalue weighted by Crippen LogP contribution is -2.44. The standard InChI is InChI=1S/C9H15N3O4/c1-6-10-8(14)12(9(15)11(6)2)4-7(5-13)16-3/h7,13H,4-5H2,1-3H3. The van der Waals surface area contributed by atoms with Crippen molar-refractivity contribution in [3.05, 3.63) is 26.8 Å². The topological polar surface area (TPSA) is 86.3 Å². The van der Waals surface area contributed by atoms with Crippen molar-refractivity contribution < 1.29 is 9.84 Å². The molecule has 0 bridgehead atoms. The summed E-state index contributed by atoms with van der Waals surface area (Å²) in [5, 5.41) is 8.92. The van der Waals surface area contributed by atoms with Crippen molar-refractivity contribution in [2.75, 3.05) is 13.7 Å². The molecular weight excluding hydrogens is 214 g/mol. The zero-order chi connectivity index (χ0) is 12.3. The van der Waals surface area contributed by atoms with E-state index in [2.05, 4.69) is 4.98 Å². The molecule has 0 amide bonds. The molecular formula is C9H15N3O4. The maximum Gasteiger partial charge on any atom is 0.353 e. The molecule has 1 heterocycles. The molecule has 0 fully saturated rings. The van der Waals surface area contributed by atoms with E-state index in [1.165, 1.54) is 18.7 Å². The van der Waals surface area contributed by atoms with Gasteiger partial charge in [0.05, 0.1) is 19.3 Å². The summed E-state index contributed by atoms with van der Waals surface area (Å²) in [6.07, 6.45) is -0.588. The highest BCUT2D eigenvalue weighted by molar-refractivity contribution is 4.84. The minimum Gasteiger partial charge on any atom is -0.394 e. The molecule has 1 unspecified atom stereocenters. The maximum atomic E-state index is 11.7. The lowest BCUT2D eigenvalue weighted by molar-refractivity contribution is 0.0351. The summed E-state index contributed by atoms with van der Waals surface area (Å²) in [4.78, 5) is 26.9. The van der Waals surface area contributed by atoms with Gasteiger partial charge >= 0.3 is 11.4 Å². The van der Waals surface area contributed by atoms with Crippen LogP contribution in [-0.2, 0) is 18.3 Å². The van der Waals surface area contributed by atoms with Gasteiger partial charge in [0.25, 0.3) is 0 Å². The highest BCUT2D eigenvalue weighted by Crippen LogP contribution is 1.90. The van der Waals surface area contributed by atoms with E-state index >= 15 is 0 Å². The summed E-state index contributed by atoms with van der Waals surface area (Å²) in [7, 11) is 2.93. The van der Waals surface area contributed by atoms with E-state index in [0.29, 0.717) is 5.82 Å². The molecule has 1 aromatic rings. The van der Waals surface area contributed by atoms with Gasteiger partial charge in [-0.15, -0.1) is 0 Å². The SMILES string of the molecule is COC(CO)Cn1c(=O)nc(C)n(C)c1=O. The Morgan fingerprint density at radius 3 is 2.62 bits per heavy atom. The number of hydrogen-bond acceptors (Lipinski definition) is 5. The Hall–Kier alpha value is -1.47. The van der Waals surface area contributed by atoms with E-state index < -0.39 is 17.5 Å². The first-order chi connectivity index (χ1) is 7.51. The smallest absolute Gasteiger partial charge is 0.353 e. The second-order valence-electron chi connectivity index (χ2n) is 3.43. The molecule has 1 rings (SSSR count). The Labute approximate surface area is 91.9 Å². The predicted octanol–water partition coefficient (Wildman–Crippen LogP) is -1.74. The number of aliphatic hydroxyl groups is 1. The van der Waals surface area contributed by atoms with Crippen LogP contribution >= 0.6 is 0 Å². The quantitative estimate of drug-likeness (QED) is 0.662. The summed E-state index contributed by atoms with van der Waals surface area (Å²) < 4.78 is 7.11. The molecule has 0 aliphatic heterocycles. The molecule has 0 saturated heterocycles. The van der Waals surface area contributed by atoms with Crippen LogP contribution in [0.5, 0.6) is 0 Å². The number of hydrogen-bond donors (Lipinski definition) is 1. The molecule has 0 aliphatic rings. The lowest BCUT2D eigenvalue weighted by Gasteiger charge is -2.14. The largest absolute Gasteiger partial charge is 0.394 e. The highest BCUT2D eigenvalue weighted by atomic mass is 16.5. The van der Waals surface area contributed by atoms with Crippen LogP contribution in [-0.4, -0.2) is 39.0 Å². The number of rotatable bonds is 4. The minimum absolute atomic E-state index is 0.00815. The van der Waals surface area contributed by atoms with Crippen molar-refractivity contribution in [1.29, 1.82) is 0 Å². The summed E-state index contributed by atoms with van der Waals surface area (Å²) in [5.41, 5.74) is -1.09. The molecule has 16 heavy (non-hydrogen) atoms. The molecule has 1 N–H and O–H groups in total. The van der Waals surface area contributed by atoms with Crippen LogP contribution in [0, 0.1) is 6.92 Å². The number of nitrogens with zero attached hydrogens (tertiary/aromatic N) is 3. The molecule has 0 spiro atoms. The van der Waals surface area contributed by atoms with Crippen LogP contribution in [0.25, 0.3) is 0 Å². The Kier molecular flexibility index (Phi) is 3.97. The second kappa shape index (κ2) is 5.04. The molecule has 90 valence electrons. The van der Waals surface area contributed by atoms with E-state index in [0.717, 1.165) is 4.57 Å². The number of aromatic nitrogens is 3. The van der Waals surface area contributed by atoms with Gasteiger partial charge < -0.3 is 9.84 Å². The number of ether oxygens (including phenoxy) is 1. The van der Waals surface area contributed by atoms with E-state index in [1.54, 1.807) is 6.92 Å². The second-order valence-corrected chi connectivity index (χ2v) is 3.43. The normalized spacial score (nSPS) is 12.8. The number of methoxy groups -OCH3 is 1. The van der Waals surface area contributed by atoms with Crippen LogP contribution in [0.1, 0.15) is 5.82 Å². The Balaban J connectivity index is 3.20. The van der Waals surface area contributed by atoms with Crippen LogP contribution in [0.3, 0.4) is 0 Å². The van der Waals surface area contributed by atoms with Gasteiger partial charge in [0.15, 0.2) is 0 Å². The van der Waals surface area contributed by atoms with Gasteiger partial charge in [-0.1, -0.05) is 0 Å². The third-order valence-electron chi connectivity index (χ3n) is 2.41. The summed E-state index contributed by atoms with van der Waals surface area (Å²) in [6.45, 7) is 1.30. The molecule has 0 aromatic carbocycles. The molecule has 1 atom stereocenters. The summed E-state index contributed by atoms with van der Waals surface area (Å²) in [5.74, 6) is 0.351. The van der Waals surface area contributed by atoms with Crippen LogP contribution in [0.15, 0.2) is 9.59 Å². The molecule has 7 nitrogen and oxygen atoms in total. The highest BCUT2D eigenvalue weighted by Gasteiger charge is 2.13. The fraction of sp³-hybridized carbons (Fsp3) is 0.667. The zero-order valence-electron chi connectivity index (χ0n) is 9.51. The third-order valence-corrected chi connectivity index (χ3v) is 2.41. The van der Waals surface area contributed by atoms with E-state index in [9.17, 15) is 9.59 Å². The van der Waals surface area contributed by atoms with Crippen molar-refractivity contribution in [3.63, 3.8) is 0 Å². The Morgan fingerprint density at radius 2 is 2.12 bits per heavy atom. The number of aryl methyl sites for hydroxylation is 1. The first-order valence-electron chi connectivity index (χ1n) is 4.79. The van der Waals surface area contributed by atoms with Gasteiger partial charge in [0.2, 0.25) is 0 Å². The van der Waals surface area contributed by atoms with Crippen molar-refractivity contribution in [1.82, 2.24) is 14.1 Å². The maximum absolute atomic E-state index is 11.7. The first-order valence-corrected chi connectivity index (χ1v) is 4.79. The lowest BCUT2D eigenvalue weighted by atomic mass is 10.4. The van der Waals surface area contributed by atoms with E-state index in [4.69, 9.17) is 9.84 Å². The molecule has 7 heteroatoms. The van der Waals surface area contributed by atoms with Gasteiger partial charge in [-0.3, -0.25) is 4.57 Å². The molecule has 1 aromatic heterocycles. The van der Waals surface area contributed by atoms with Gasteiger partial charge in [0, 0.05) is 14.2 Å². The predicted molar refractivity (Wildman–Crippen MR) is 56.4 cm³/mol. The zero-order valence-corrected chi connectivity index (χ0v) is 9.51. The van der Waals surface area contributed by atoms with Gasteiger partial charge in [0.1, 0.15) is 5.82 Å². The summed E-state index contributed by atoms with van der Waals surface area (Å²) in [6, 6.07) is 0. The minimum atomic E-state index is -0.629. The molecule has 0 saturated carbocycles. The van der Waals surface area contributed by atoms with Crippen LogP contribution < -0.4 is 11.4 Å². The van der Waals surface area contributed by atoms with Crippen molar-refractivity contribution >= 4 is 0 Å². The van der Waals surface area contributed by atoms with Gasteiger partial charge in [-0.25, -0.2) is 14.2 Å². The monoisotopic (exact) mass is 229 g/mol. The number of aliphatic hydroxyl groups excluding tert-OH is 1.